The molecular formula is C22H35BrF2N2O6SSi. The topological polar surface area (TPSA) is 86.3 Å². The largest absolute Gasteiger partial charge is 0.465 e. The van der Waals surface area contributed by atoms with E-state index in [4.69, 9.17) is 18.6 Å². The van der Waals surface area contributed by atoms with Gasteiger partial charge in [0.25, 0.3) is 0 Å². The second-order valence-corrected chi connectivity index (χ2v) is 18.1. The number of esters is 1. The normalized spacial score (nSPS) is 16.7. The van der Waals surface area contributed by atoms with E-state index in [1.165, 1.54) is 12.0 Å². The number of hydrogen-bond donors (Lipinski definition) is 1. The van der Waals surface area contributed by atoms with Crippen LogP contribution in [-0.2, 0) is 13.9 Å². The van der Waals surface area contributed by atoms with Gasteiger partial charge in [0.15, 0.2) is 14.1 Å². The van der Waals surface area contributed by atoms with Gasteiger partial charge >= 0.3 is 18.2 Å². The van der Waals surface area contributed by atoms with Gasteiger partial charge in [-0.05, 0) is 54.8 Å². The molecule has 1 aliphatic heterocycles. The fourth-order valence-corrected chi connectivity index (χ4v) is 5.73. The van der Waals surface area contributed by atoms with Crippen molar-refractivity contribution in [3.05, 3.63) is 8.66 Å². The average molecular weight is 602 g/mol. The second kappa shape index (κ2) is 10.5. The summed E-state index contributed by atoms with van der Waals surface area (Å²) in [5, 5.41) is 2.66. The maximum Gasteiger partial charge on any atom is 0.416 e. The molecule has 1 aromatic heterocycles. The van der Waals surface area contributed by atoms with E-state index in [1.807, 2.05) is 0 Å². The van der Waals surface area contributed by atoms with Crippen LogP contribution in [0.5, 0.6) is 5.75 Å². The zero-order valence-electron chi connectivity index (χ0n) is 21.6. The predicted molar refractivity (Wildman–Crippen MR) is 137 cm³/mol. The molecule has 1 N–H and O–H groups in total. The number of alkyl carbamates (subject to hydrolysis) is 1. The number of thiophene rings is 1. The molecule has 200 valence electrons. The lowest BCUT2D eigenvalue weighted by molar-refractivity contribution is -0.172. The van der Waals surface area contributed by atoms with E-state index >= 15 is 0 Å². The van der Waals surface area contributed by atoms with Gasteiger partial charge in [-0.1, -0.05) is 20.8 Å². The molecule has 0 saturated heterocycles. The number of anilines is 1. The van der Waals surface area contributed by atoms with Crippen molar-refractivity contribution < 1.29 is 37.0 Å². The Kier molecular flexibility index (Phi) is 8.94. The molecular weight excluding hydrogens is 566 g/mol. The van der Waals surface area contributed by atoms with Gasteiger partial charge in [0.2, 0.25) is 0 Å². The van der Waals surface area contributed by atoms with Crippen molar-refractivity contribution >= 4 is 53.3 Å². The molecule has 0 bridgehead atoms. The van der Waals surface area contributed by atoms with E-state index in [1.54, 1.807) is 20.8 Å². The summed E-state index contributed by atoms with van der Waals surface area (Å²) in [6.07, 6.45) is -4.21. The fraction of sp³-hybridized carbons (Fsp3) is 0.727. The monoisotopic (exact) mass is 600 g/mol. The predicted octanol–water partition coefficient (Wildman–Crippen LogP) is 6.00. The third-order valence-electron chi connectivity index (χ3n) is 5.73. The van der Waals surface area contributed by atoms with Crippen LogP contribution in [0.3, 0.4) is 0 Å². The summed E-state index contributed by atoms with van der Waals surface area (Å²) >= 11 is 4.16. The minimum absolute atomic E-state index is 0.0763. The third-order valence-corrected chi connectivity index (χ3v) is 12.0. The van der Waals surface area contributed by atoms with Crippen molar-refractivity contribution in [2.24, 2.45) is 0 Å². The molecule has 2 heterocycles. The summed E-state index contributed by atoms with van der Waals surface area (Å²) in [6.45, 7) is 14.7. The smallest absolute Gasteiger partial charge is 0.416 e. The van der Waals surface area contributed by atoms with Gasteiger partial charge in [-0.25, -0.2) is 9.59 Å². The summed E-state index contributed by atoms with van der Waals surface area (Å²) in [5.74, 6) is -0.821. The van der Waals surface area contributed by atoms with Gasteiger partial charge in [0.05, 0.1) is 19.8 Å². The molecule has 0 saturated carbocycles. The summed E-state index contributed by atoms with van der Waals surface area (Å²) < 4.78 is 50.7. The number of nitrogens with zero attached hydrogens (tertiary/aromatic N) is 1. The van der Waals surface area contributed by atoms with Crippen LogP contribution in [0, 0.1) is 0 Å². The van der Waals surface area contributed by atoms with Crippen molar-refractivity contribution in [3.63, 3.8) is 0 Å². The molecule has 0 spiro atoms. The van der Waals surface area contributed by atoms with Crippen molar-refractivity contribution in [2.75, 3.05) is 31.7 Å². The van der Waals surface area contributed by atoms with E-state index in [0.29, 0.717) is 0 Å². The van der Waals surface area contributed by atoms with E-state index < -0.39 is 44.7 Å². The van der Waals surface area contributed by atoms with E-state index in [9.17, 15) is 18.4 Å². The van der Waals surface area contributed by atoms with Crippen LogP contribution in [0.1, 0.15) is 51.2 Å². The highest BCUT2D eigenvalue weighted by Crippen LogP contribution is 2.51. The van der Waals surface area contributed by atoms with E-state index in [-0.39, 0.29) is 38.3 Å². The number of methoxy groups -OCH3 is 1. The van der Waals surface area contributed by atoms with Crippen LogP contribution in [0.25, 0.3) is 0 Å². The number of rotatable bonds is 7. The molecule has 0 aliphatic carbocycles. The third kappa shape index (κ3) is 7.77. The number of carbonyl (C=O) groups is 2. The van der Waals surface area contributed by atoms with Crippen molar-refractivity contribution in [1.82, 2.24) is 5.32 Å². The van der Waals surface area contributed by atoms with Crippen LogP contribution in [0.15, 0.2) is 3.79 Å². The number of halogens is 3. The molecule has 8 nitrogen and oxygen atoms in total. The number of amides is 1. The highest BCUT2D eigenvalue weighted by Gasteiger charge is 2.46. The minimum Gasteiger partial charge on any atom is -0.465 e. The zero-order chi connectivity index (χ0) is 27.0. The summed E-state index contributed by atoms with van der Waals surface area (Å²) in [5.41, 5.74) is -0.562. The maximum atomic E-state index is 14.5. The summed E-state index contributed by atoms with van der Waals surface area (Å²) in [6, 6.07) is -0.718. The van der Waals surface area contributed by atoms with Gasteiger partial charge in [-0.15, -0.1) is 11.3 Å². The first kappa shape index (κ1) is 29.8. The van der Waals surface area contributed by atoms with Gasteiger partial charge < -0.3 is 28.9 Å². The quantitative estimate of drug-likeness (QED) is 0.303. The van der Waals surface area contributed by atoms with Gasteiger partial charge in [0.1, 0.15) is 26.5 Å². The van der Waals surface area contributed by atoms with E-state index in [0.717, 1.165) is 11.3 Å². The second-order valence-electron chi connectivity index (χ2n) is 10.9. The van der Waals surface area contributed by atoms with E-state index in [2.05, 4.69) is 55.1 Å². The molecule has 35 heavy (non-hydrogen) atoms. The first-order valence-electron chi connectivity index (χ1n) is 11.1. The minimum atomic E-state index is -3.51. The Morgan fingerprint density at radius 1 is 1.26 bits per heavy atom. The summed E-state index contributed by atoms with van der Waals surface area (Å²) in [4.78, 5) is 26.4. The van der Waals surface area contributed by atoms with Crippen LogP contribution in [-0.4, -0.2) is 64.9 Å². The lowest BCUT2D eigenvalue weighted by atomic mass is 10.2. The standard InChI is InChI=1S/C22H35BrF2N2O6SSi/c1-20(2,3)33-19(29)26-13(11-31-35(8,9)21(4,5)6)10-27-12-22(24,25)32-15-14(27)16(18(28)30-7)34-17(15)23/h13H,10-12H2,1-9H3,(H,26,29)/t13-/m1/s1. The lowest BCUT2D eigenvalue weighted by Gasteiger charge is -2.39. The Hall–Kier alpha value is -1.44. The van der Waals surface area contributed by atoms with Gasteiger partial charge in [0, 0.05) is 6.54 Å². The van der Waals surface area contributed by atoms with Gasteiger partial charge in [-0.3, -0.25) is 0 Å². The zero-order valence-corrected chi connectivity index (χ0v) is 25.0. The number of carbonyl (C=O) groups excluding carboxylic acids is 2. The molecule has 1 atom stereocenters. The summed E-state index contributed by atoms with van der Waals surface area (Å²) in [7, 11) is -1.01. The van der Waals surface area contributed by atoms with Crippen molar-refractivity contribution in [1.29, 1.82) is 0 Å². The molecule has 1 aromatic rings. The Morgan fingerprint density at radius 3 is 2.37 bits per heavy atom. The Bertz CT molecular complexity index is 946. The Balaban J connectivity index is 2.40. The molecule has 1 aliphatic rings. The molecule has 0 unspecified atom stereocenters. The average Bonchev–Trinajstić information content (AvgIpc) is 2.98. The molecule has 13 heteroatoms. The number of alkyl halides is 2. The highest BCUT2D eigenvalue weighted by atomic mass is 79.9. The first-order valence-corrected chi connectivity index (χ1v) is 15.6. The fourth-order valence-electron chi connectivity index (χ4n) is 3.03. The lowest BCUT2D eigenvalue weighted by Crippen LogP contribution is -2.54. The van der Waals surface area contributed by atoms with Crippen LogP contribution in [0.2, 0.25) is 18.1 Å². The van der Waals surface area contributed by atoms with Crippen molar-refractivity contribution in [3.8, 4) is 5.75 Å². The first-order chi connectivity index (χ1) is 15.8. The van der Waals surface area contributed by atoms with Crippen LogP contribution < -0.4 is 15.0 Å². The van der Waals surface area contributed by atoms with Crippen LogP contribution in [0.4, 0.5) is 19.3 Å². The number of hydrogen-bond acceptors (Lipinski definition) is 8. The molecule has 0 fully saturated rings. The molecule has 2 rings (SSSR count). The number of ether oxygens (including phenoxy) is 3. The van der Waals surface area contributed by atoms with Crippen LogP contribution >= 0.6 is 27.3 Å². The Labute approximate surface area is 218 Å². The molecule has 0 radical (unpaired) electrons. The molecule has 0 aromatic carbocycles. The molecule has 1 amide bonds. The SMILES string of the molecule is COC(=O)c1sc(Br)c2c1N(C[C@H](CO[Si](C)(C)C(C)(C)C)NC(=O)OC(C)(C)C)CC(F)(F)O2. The number of nitrogens with one attached hydrogen (secondary N) is 1. The van der Waals surface area contributed by atoms with Crippen molar-refractivity contribution in [2.45, 2.75) is 77.4 Å². The highest BCUT2D eigenvalue weighted by molar-refractivity contribution is 9.11. The van der Waals surface area contributed by atoms with Gasteiger partial charge in [-0.2, -0.15) is 8.78 Å². The Morgan fingerprint density at radius 2 is 1.86 bits per heavy atom. The number of fused-ring (bicyclic) bond motifs is 1. The maximum absolute atomic E-state index is 14.5.